The van der Waals surface area contributed by atoms with Gasteiger partial charge in [-0.05, 0) is 25.5 Å². The number of nitro groups is 1. The van der Waals surface area contributed by atoms with Crippen molar-refractivity contribution in [3.05, 3.63) is 45.5 Å². The first kappa shape index (κ1) is 11.1. The van der Waals surface area contributed by atoms with Crippen LogP contribution in [0.5, 0.6) is 0 Å². The molecule has 0 atom stereocenters. The van der Waals surface area contributed by atoms with Crippen molar-refractivity contribution in [3.8, 4) is 0 Å². The zero-order valence-corrected chi connectivity index (χ0v) is 8.56. The molecule has 1 aromatic rings. The molecule has 0 N–H and O–H groups in total. The molecule has 0 saturated carbocycles. The Balaban J connectivity index is 3.08. The van der Waals surface area contributed by atoms with E-state index in [0.717, 1.165) is 0 Å². The highest BCUT2D eigenvalue weighted by Crippen LogP contribution is 2.19. The van der Waals surface area contributed by atoms with Gasteiger partial charge < -0.3 is 0 Å². The molecule has 0 bridgehead atoms. The number of allylic oxidation sites excluding steroid dienone is 1. The molecule has 4 nitrogen and oxygen atoms in total. The summed E-state index contributed by atoms with van der Waals surface area (Å²) in [4.78, 5) is 20.9. The number of benzene rings is 1. The van der Waals surface area contributed by atoms with Gasteiger partial charge in [-0.3, -0.25) is 14.9 Å². The molecule has 0 unspecified atom stereocenters. The van der Waals surface area contributed by atoms with Crippen molar-refractivity contribution in [1.29, 1.82) is 0 Å². The number of nitrogens with zero attached hydrogens (tertiary/aromatic N) is 1. The van der Waals surface area contributed by atoms with E-state index in [-0.39, 0.29) is 11.5 Å². The summed E-state index contributed by atoms with van der Waals surface area (Å²) in [6, 6.07) is 4.86. The molecule has 0 aliphatic heterocycles. The Labute approximate surface area is 87.4 Å². The lowest BCUT2D eigenvalue weighted by atomic mass is 10.1. The molecular formula is C11H11NO3. The van der Waals surface area contributed by atoms with Crippen LogP contribution in [-0.4, -0.2) is 10.7 Å². The van der Waals surface area contributed by atoms with Crippen LogP contribution < -0.4 is 0 Å². The van der Waals surface area contributed by atoms with Gasteiger partial charge in [-0.25, -0.2) is 0 Å². The lowest BCUT2D eigenvalue weighted by Gasteiger charge is -1.98. The lowest BCUT2D eigenvalue weighted by molar-refractivity contribution is -0.385. The summed E-state index contributed by atoms with van der Waals surface area (Å²) in [6.07, 6.45) is 2.95. The first-order valence-corrected chi connectivity index (χ1v) is 4.44. The van der Waals surface area contributed by atoms with E-state index in [0.29, 0.717) is 11.1 Å². The highest BCUT2D eigenvalue weighted by Gasteiger charge is 2.09. The van der Waals surface area contributed by atoms with Crippen molar-refractivity contribution in [2.75, 3.05) is 0 Å². The SMILES string of the molecule is CC(=O)C=Cc1ccc(C)c([N+](=O)[O-])c1. The molecule has 4 heteroatoms. The summed E-state index contributed by atoms with van der Waals surface area (Å²) >= 11 is 0. The molecule has 78 valence electrons. The third-order valence-electron chi connectivity index (χ3n) is 1.94. The third kappa shape index (κ3) is 3.02. The van der Waals surface area contributed by atoms with Gasteiger partial charge in [0, 0.05) is 11.6 Å². The number of aryl methyl sites for hydroxylation is 1. The summed E-state index contributed by atoms with van der Waals surface area (Å²) in [5, 5.41) is 10.6. The molecule has 0 aliphatic rings. The van der Waals surface area contributed by atoms with Crippen molar-refractivity contribution in [2.45, 2.75) is 13.8 Å². The number of hydrogen-bond donors (Lipinski definition) is 0. The second kappa shape index (κ2) is 4.50. The molecule has 0 aliphatic carbocycles. The Bertz CT molecular complexity index is 435. The minimum atomic E-state index is -0.430. The first-order chi connectivity index (χ1) is 7.00. The average molecular weight is 205 g/mol. The van der Waals surface area contributed by atoms with Crippen LogP contribution in [0.3, 0.4) is 0 Å². The molecule has 15 heavy (non-hydrogen) atoms. The van der Waals surface area contributed by atoms with Gasteiger partial charge in [0.2, 0.25) is 0 Å². The second-order valence-corrected chi connectivity index (χ2v) is 3.25. The van der Waals surface area contributed by atoms with E-state index < -0.39 is 4.92 Å². The monoisotopic (exact) mass is 205 g/mol. The van der Waals surface area contributed by atoms with Crippen LogP contribution in [0.25, 0.3) is 6.08 Å². The Hall–Kier alpha value is -1.97. The molecule has 0 aromatic heterocycles. The molecule has 0 radical (unpaired) electrons. The van der Waals surface area contributed by atoms with E-state index in [4.69, 9.17) is 0 Å². The Morgan fingerprint density at radius 1 is 1.47 bits per heavy atom. The molecule has 0 saturated heterocycles. The van der Waals surface area contributed by atoms with Gasteiger partial charge in [0.25, 0.3) is 5.69 Å². The smallest absolute Gasteiger partial charge is 0.272 e. The first-order valence-electron chi connectivity index (χ1n) is 4.44. The van der Waals surface area contributed by atoms with Crippen LogP contribution in [0.1, 0.15) is 18.1 Å². The Morgan fingerprint density at radius 2 is 2.13 bits per heavy atom. The van der Waals surface area contributed by atoms with E-state index in [1.54, 1.807) is 25.1 Å². The molecule has 1 rings (SSSR count). The molecule has 0 amide bonds. The van der Waals surface area contributed by atoms with E-state index in [9.17, 15) is 14.9 Å². The fourth-order valence-corrected chi connectivity index (χ4v) is 1.14. The molecule has 0 heterocycles. The van der Waals surface area contributed by atoms with E-state index in [1.165, 1.54) is 19.1 Å². The predicted octanol–water partition coefficient (Wildman–Crippen LogP) is 2.51. The van der Waals surface area contributed by atoms with Crippen LogP contribution in [0.15, 0.2) is 24.3 Å². The van der Waals surface area contributed by atoms with Gasteiger partial charge in [0.05, 0.1) is 4.92 Å². The standard InChI is InChI=1S/C11H11NO3/c1-8-3-5-10(6-4-9(2)13)7-11(8)12(14)15/h3-7H,1-2H3. The number of carbonyl (C=O) groups is 1. The van der Waals surface area contributed by atoms with Crippen molar-refractivity contribution in [1.82, 2.24) is 0 Å². The maximum atomic E-state index is 10.7. The van der Waals surface area contributed by atoms with Gasteiger partial charge in [0.1, 0.15) is 0 Å². The van der Waals surface area contributed by atoms with Gasteiger partial charge >= 0.3 is 0 Å². The van der Waals surface area contributed by atoms with E-state index in [1.807, 2.05) is 0 Å². The van der Waals surface area contributed by atoms with Crippen molar-refractivity contribution in [3.63, 3.8) is 0 Å². The highest BCUT2D eigenvalue weighted by molar-refractivity contribution is 5.91. The topological polar surface area (TPSA) is 60.2 Å². The zero-order chi connectivity index (χ0) is 11.4. The predicted molar refractivity (Wildman–Crippen MR) is 57.5 cm³/mol. The summed E-state index contributed by atoms with van der Waals surface area (Å²) in [5.74, 6) is -0.0850. The fourth-order valence-electron chi connectivity index (χ4n) is 1.14. The van der Waals surface area contributed by atoms with Crippen LogP contribution in [0.2, 0.25) is 0 Å². The van der Waals surface area contributed by atoms with Crippen LogP contribution in [-0.2, 0) is 4.79 Å². The molecule has 0 spiro atoms. The van der Waals surface area contributed by atoms with E-state index in [2.05, 4.69) is 0 Å². The normalized spacial score (nSPS) is 10.5. The van der Waals surface area contributed by atoms with Crippen molar-refractivity contribution >= 4 is 17.5 Å². The highest BCUT2D eigenvalue weighted by atomic mass is 16.6. The maximum Gasteiger partial charge on any atom is 0.272 e. The van der Waals surface area contributed by atoms with Crippen LogP contribution in [0.4, 0.5) is 5.69 Å². The molecular weight excluding hydrogens is 194 g/mol. The van der Waals surface area contributed by atoms with Crippen LogP contribution in [0, 0.1) is 17.0 Å². The summed E-state index contributed by atoms with van der Waals surface area (Å²) < 4.78 is 0. The zero-order valence-electron chi connectivity index (χ0n) is 8.56. The summed E-state index contributed by atoms with van der Waals surface area (Å²) in [5.41, 5.74) is 1.34. The Morgan fingerprint density at radius 3 is 2.67 bits per heavy atom. The minimum absolute atomic E-state index is 0.0701. The number of ketones is 1. The summed E-state index contributed by atoms with van der Waals surface area (Å²) in [7, 11) is 0. The van der Waals surface area contributed by atoms with Gasteiger partial charge in [-0.15, -0.1) is 0 Å². The Kier molecular flexibility index (Phi) is 3.33. The van der Waals surface area contributed by atoms with E-state index >= 15 is 0 Å². The lowest BCUT2D eigenvalue weighted by Crippen LogP contribution is -1.92. The molecule has 0 fully saturated rings. The fraction of sp³-hybridized carbons (Fsp3) is 0.182. The number of hydrogen-bond acceptors (Lipinski definition) is 3. The van der Waals surface area contributed by atoms with Crippen LogP contribution >= 0.6 is 0 Å². The van der Waals surface area contributed by atoms with Crippen molar-refractivity contribution in [2.24, 2.45) is 0 Å². The van der Waals surface area contributed by atoms with Gasteiger partial charge in [-0.2, -0.15) is 0 Å². The molecule has 1 aromatic carbocycles. The maximum absolute atomic E-state index is 10.7. The van der Waals surface area contributed by atoms with Gasteiger partial charge in [-0.1, -0.05) is 18.2 Å². The van der Waals surface area contributed by atoms with Crippen molar-refractivity contribution < 1.29 is 9.72 Å². The minimum Gasteiger partial charge on any atom is -0.295 e. The number of carbonyl (C=O) groups excluding carboxylic acids is 1. The summed E-state index contributed by atoms with van der Waals surface area (Å²) in [6.45, 7) is 3.11. The third-order valence-corrected chi connectivity index (χ3v) is 1.94. The average Bonchev–Trinajstić information content (AvgIpc) is 2.16. The largest absolute Gasteiger partial charge is 0.295 e. The number of nitro benzene ring substituents is 1. The number of rotatable bonds is 3. The quantitative estimate of drug-likeness (QED) is 0.432. The second-order valence-electron chi connectivity index (χ2n) is 3.25. The van der Waals surface area contributed by atoms with Gasteiger partial charge in [0.15, 0.2) is 5.78 Å².